The van der Waals surface area contributed by atoms with Crippen molar-refractivity contribution in [2.45, 2.75) is 44.6 Å². The largest absolute Gasteiger partial charge is 0.453 e. The summed E-state index contributed by atoms with van der Waals surface area (Å²) in [6, 6.07) is 9.61. The smallest absolute Gasteiger partial charge is 0.314 e. The molecule has 1 aromatic carbocycles. The van der Waals surface area contributed by atoms with Crippen molar-refractivity contribution < 1.29 is 14.3 Å². The molecule has 3 heteroatoms. The van der Waals surface area contributed by atoms with Crippen LogP contribution in [-0.4, -0.2) is 11.8 Å². The number of ether oxygens (including phenoxy) is 1. The maximum absolute atomic E-state index is 11.7. The molecule has 1 aliphatic heterocycles. The van der Waals surface area contributed by atoms with Gasteiger partial charge in [-0.2, -0.15) is 0 Å². The molecule has 1 heterocycles. The zero-order valence-electron chi connectivity index (χ0n) is 10.6. The summed E-state index contributed by atoms with van der Waals surface area (Å²) in [6.07, 6.45) is 2.89. The van der Waals surface area contributed by atoms with Crippen molar-refractivity contribution in [1.82, 2.24) is 0 Å². The van der Waals surface area contributed by atoms with Crippen molar-refractivity contribution in [2.24, 2.45) is 0 Å². The summed E-state index contributed by atoms with van der Waals surface area (Å²) in [5.41, 5.74) is 0.198. The van der Waals surface area contributed by atoms with E-state index in [1.807, 2.05) is 30.3 Å². The third kappa shape index (κ3) is 2.61. The Labute approximate surface area is 107 Å². The van der Waals surface area contributed by atoms with Gasteiger partial charge in [0.05, 0.1) is 6.42 Å². The molecule has 0 bridgehead atoms. The number of esters is 1. The van der Waals surface area contributed by atoms with E-state index in [1.165, 1.54) is 0 Å². The van der Waals surface area contributed by atoms with Gasteiger partial charge in [0.15, 0.2) is 0 Å². The van der Waals surface area contributed by atoms with E-state index in [0.717, 1.165) is 18.4 Å². The molecule has 1 unspecified atom stereocenters. The summed E-state index contributed by atoms with van der Waals surface area (Å²) in [5.74, 6) is -0.419. The summed E-state index contributed by atoms with van der Waals surface area (Å²) in [7, 11) is 0. The van der Waals surface area contributed by atoms with E-state index in [9.17, 15) is 9.59 Å². The summed E-state index contributed by atoms with van der Waals surface area (Å²) < 4.78 is 5.57. The van der Waals surface area contributed by atoms with Crippen LogP contribution in [0.3, 0.4) is 0 Å². The third-order valence-corrected chi connectivity index (χ3v) is 3.37. The van der Waals surface area contributed by atoms with Gasteiger partial charge >= 0.3 is 5.97 Å². The highest BCUT2D eigenvalue weighted by atomic mass is 16.6. The number of cyclic esters (lactones) is 1. The normalized spacial score (nSPS) is 23.8. The van der Waals surface area contributed by atoms with Gasteiger partial charge in [-0.25, -0.2) is 0 Å². The molecule has 0 N–H and O–H groups in total. The van der Waals surface area contributed by atoms with Crippen molar-refractivity contribution in [2.75, 3.05) is 0 Å². The Morgan fingerprint density at radius 2 is 1.94 bits per heavy atom. The van der Waals surface area contributed by atoms with Gasteiger partial charge < -0.3 is 4.74 Å². The van der Waals surface area contributed by atoms with E-state index < -0.39 is 11.6 Å². The van der Waals surface area contributed by atoms with Gasteiger partial charge in [0.25, 0.3) is 0 Å². The Morgan fingerprint density at radius 1 is 1.22 bits per heavy atom. The van der Waals surface area contributed by atoms with E-state index in [4.69, 9.17) is 4.74 Å². The molecule has 1 aromatic rings. The average Bonchev–Trinajstić information content (AvgIpc) is 2.36. The molecule has 0 radical (unpaired) electrons. The number of Topliss-reactive ketones (excluding diaryl/α,β-unsaturated/α-hetero) is 1. The molecule has 1 fully saturated rings. The van der Waals surface area contributed by atoms with Crippen molar-refractivity contribution in [1.29, 1.82) is 0 Å². The molecule has 0 aromatic heterocycles. The standard InChI is InChI=1S/C15H18O3/c1-2-3-9-15(12-7-5-4-6-8-12)11-13(16)10-14(17)18-15/h4-8H,2-3,9-11H2,1H3. The minimum absolute atomic E-state index is 0.0220. The Kier molecular flexibility index (Phi) is 3.80. The fraction of sp³-hybridized carbons (Fsp3) is 0.467. The van der Waals surface area contributed by atoms with Crippen molar-refractivity contribution in [3.63, 3.8) is 0 Å². The molecular weight excluding hydrogens is 228 g/mol. The maximum Gasteiger partial charge on any atom is 0.314 e. The van der Waals surface area contributed by atoms with Crippen LogP contribution in [0.25, 0.3) is 0 Å². The Bertz CT molecular complexity index is 420. The van der Waals surface area contributed by atoms with E-state index >= 15 is 0 Å². The number of ketones is 1. The minimum atomic E-state index is -0.732. The predicted molar refractivity (Wildman–Crippen MR) is 68.0 cm³/mol. The molecule has 1 aliphatic rings. The van der Waals surface area contributed by atoms with Gasteiger partial charge in [-0.3, -0.25) is 9.59 Å². The topological polar surface area (TPSA) is 43.4 Å². The van der Waals surface area contributed by atoms with Crippen LogP contribution in [-0.2, 0) is 19.9 Å². The van der Waals surface area contributed by atoms with Crippen molar-refractivity contribution >= 4 is 11.8 Å². The van der Waals surface area contributed by atoms with Crippen LogP contribution in [0, 0.1) is 0 Å². The average molecular weight is 246 g/mol. The number of hydrogen-bond donors (Lipinski definition) is 0. The van der Waals surface area contributed by atoms with Gasteiger partial charge in [-0.15, -0.1) is 0 Å². The highest BCUT2D eigenvalue weighted by molar-refractivity contribution is 5.98. The number of benzene rings is 1. The molecular formula is C15H18O3. The number of carbonyl (C=O) groups is 2. The first kappa shape index (κ1) is 12.8. The highest BCUT2D eigenvalue weighted by Gasteiger charge is 2.42. The third-order valence-electron chi connectivity index (χ3n) is 3.37. The maximum atomic E-state index is 11.7. The molecule has 0 spiro atoms. The summed E-state index contributed by atoms with van der Waals surface area (Å²) in [6.45, 7) is 2.09. The van der Waals surface area contributed by atoms with Crippen LogP contribution in [0.4, 0.5) is 0 Å². The fourth-order valence-electron chi connectivity index (χ4n) is 2.48. The Hall–Kier alpha value is -1.64. The first-order valence-corrected chi connectivity index (χ1v) is 6.45. The first-order chi connectivity index (χ1) is 8.66. The molecule has 96 valence electrons. The molecule has 0 amide bonds. The van der Waals surface area contributed by atoms with E-state index in [1.54, 1.807) is 0 Å². The van der Waals surface area contributed by atoms with Gasteiger partial charge in [0.2, 0.25) is 0 Å². The van der Waals surface area contributed by atoms with Crippen LogP contribution >= 0.6 is 0 Å². The molecule has 0 aliphatic carbocycles. The van der Waals surface area contributed by atoms with Crippen molar-refractivity contribution in [3.05, 3.63) is 35.9 Å². The summed E-state index contributed by atoms with van der Waals surface area (Å²) in [4.78, 5) is 23.3. The lowest BCUT2D eigenvalue weighted by Crippen LogP contribution is -2.40. The van der Waals surface area contributed by atoms with Crippen LogP contribution < -0.4 is 0 Å². The first-order valence-electron chi connectivity index (χ1n) is 6.45. The lowest BCUT2D eigenvalue weighted by atomic mass is 9.82. The lowest BCUT2D eigenvalue weighted by molar-refractivity contribution is -0.173. The molecule has 2 rings (SSSR count). The van der Waals surface area contributed by atoms with Gasteiger partial charge in [0, 0.05) is 0 Å². The highest BCUT2D eigenvalue weighted by Crippen LogP contribution is 2.38. The Balaban J connectivity index is 2.33. The number of carbonyl (C=O) groups excluding carboxylic acids is 2. The number of unbranched alkanes of at least 4 members (excludes halogenated alkanes) is 1. The van der Waals surface area contributed by atoms with E-state index in [-0.39, 0.29) is 12.2 Å². The Morgan fingerprint density at radius 3 is 2.56 bits per heavy atom. The second-order valence-corrected chi connectivity index (χ2v) is 4.83. The molecule has 3 nitrogen and oxygen atoms in total. The van der Waals surface area contributed by atoms with Gasteiger partial charge in [-0.1, -0.05) is 43.7 Å². The predicted octanol–water partition coefficient (Wildman–Crippen LogP) is 2.98. The van der Waals surface area contributed by atoms with Crippen LogP contribution in [0.5, 0.6) is 0 Å². The molecule has 1 atom stereocenters. The second kappa shape index (κ2) is 5.34. The number of hydrogen-bond acceptors (Lipinski definition) is 3. The summed E-state index contributed by atoms with van der Waals surface area (Å²) >= 11 is 0. The molecule has 1 saturated heterocycles. The van der Waals surface area contributed by atoms with E-state index in [0.29, 0.717) is 12.8 Å². The SMILES string of the molecule is CCCCC1(c2ccccc2)CC(=O)CC(=O)O1. The summed E-state index contributed by atoms with van der Waals surface area (Å²) in [5, 5.41) is 0. The zero-order valence-corrected chi connectivity index (χ0v) is 10.6. The van der Waals surface area contributed by atoms with Gasteiger partial charge in [-0.05, 0) is 18.4 Å². The van der Waals surface area contributed by atoms with E-state index in [2.05, 4.69) is 6.92 Å². The quantitative estimate of drug-likeness (QED) is 0.606. The second-order valence-electron chi connectivity index (χ2n) is 4.83. The fourth-order valence-corrected chi connectivity index (χ4v) is 2.48. The molecule has 18 heavy (non-hydrogen) atoms. The number of rotatable bonds is 4. The lowest BCUT2D eigenvalue weighted by Gasteiger charge is -2.36. The van der Waals surface area contributed by atoms with Crippen LogP contribution in [0.1, 0.15) is 44.6 Å². The zero-order chi connectivity index (χ0) is 13.0. The molecule has 0 saturated carbocycles. The van der Waals surface area contributed by atoms with Gasteiger partial charge in [0.1, 0.15) is 17.8 Å². The monoisotopic (exact) mass is 246 g/mol. The van der Waals surface area contributed by atoms with Crippen LogP contribution in [0.2, 0.25) is 0 Å². The van der Waals surface area contributed by atoms with Crippen LogP contribution in [0.15, 0.2) is 30.3 Å². The van der Waals surface area contributed by atoms with Crippen molar-refractivity contribution in [3.8, 4) is 0 Å². The minimum Gasteiger partial charge on any atom is -0.453 e.